The first-order valence-electron chi connectivity index (χ1n) is 5.12. The summed E-state index contributed by atoms with van der Waals surface area (Å²) in [7, 11) is 1.68. The normalized spacial score (nSPS) is 12.1. The summed E-state index contributed by atoms with van der Waals surface area (Å²) in [5.41, 5.74) is 0.892. The van der Waals surface area contributed by atoms with Crippen LogP contribution in [-0.2, 0) is 11.8 Å². The predicted molar refractivity (Wildman–Crippen MR) is 65.4 cm³/mol. The van der Waals surface area contributed by atoms with E-state index >= 15 is 0 Å². The molecule has 2 heterocycles. The van der Waals surface area contributed by atoms with E-state index < -0.39 is 17.9 Å². The van der Waals surface area contributed by atoms with Crippen LogP contribution in [0.25, 0.3) is 0 Å². The molecule has 6 nitrogen and oxygen atoms in total. The Kier molecular flexibility index (Phi) is 3.42. The van der Waals surface area contributed by atoms with Gasteiger partial charge in [-0.3, -0.25) is 9.48 Å². The summed E-state index contributed by atoms with van der Waals surface area (Å²) < 4.78 is 1.49. The van der Waals surface area contributed by atoms with E-state index in [1.54, 1.807) is 30.1 Å². The Labute approximate surface area is 107 Å². The summed E-state index contributed by atoms with van der Waals surface area (Å²) in [6.07, 6.45) is 2.99. The van der Waals surface area contributed by atoms with Crippen molar-refractivity contribution in [2.45, 2.75) is 6.04 Å². The third-order valence-corrected chi connectivity index (χ3v) is 3.05. The Morgan fingerprint density at radius 2 is 2.33 bits per heavy atom. The van der Waals surface area contributed by atoms with Gasteiger partial charge in [-0.1, -0.05) is 0 Å². The van der Waals surface area contributed by atoms with E-state index in [1.165, 1.54) is 22.2 Å². The third kappa shape index (κ3) is 2.57. The summed E-state index contributed by atoms with van der Waals surface area (Å²) in [5, 5.41) is 18.9. The Bertz CT molecular complexity index is 562. The van der Waals surface area contributed by atoms with Crippen LogP contribution in [0, 0.1) is 0 Å². The van der Waals surface area contributed by atoms with Gasteiger partial charge in [0.25, 0.3) is 5.91 Å². The summed E-state index contributed by atoms with van der Waals surface area (Å²) in [4.78, 5) is 23.0. The maximum atomic E-state index is 11.8. The van der Waals surface area contributed by atoms with Crippen LogP contribution in [0.15, 0.2) is 29.2 Å². The van der Waals surface area contributed by atoms with E-state index in [0.717, 1.165) is 0 Å². The zero-order valence-corrected chi connectivity index (χ0v) is 10.3. The van der Waals surface area contributed by atoms with E-state index in [1.807, 2.05) is 0 Å². The first-order valence-corrected chi connectivity index (χ1v) is 6.06. The Morgan fingerprint density at radius 3 is 2.83 bits per heavy atom. The number of nitrogens with one attached hydrogen (secondary N) is 1. The second-order valence-electron chi connectivity index (χ2n) is 3.70. The lowest BCUT2D eigenvalue weighted by atomic mass is 10.1. The van der Waals surface area contributed by atoms with Gasteiger partial charge < -0.3 is 10.4 Å². The molecular formula is C11H11N3O3S. The van der Waals surface area contributed by atoms with Crippen LogP contribution in [0.3, 0.4) is 0 Å². The molecule has 18 heavy (non-hydrogen) atoms. The lowest BCUT2D eigenvalue weighted by molar-refractivity contribution is -0.139. The number of amides is 1. The van der Waals surface area contributed by atoms with Gasteiger partial charge in [0.1, 0.15) is 0 Å². The van der Waals surface area contributed by atoms with E-state index in [4.69, 9.17) is 5.11 Å². The lowest BCUT2D eigenvalue weighted by Gasteiger charge is -2.11. The molecule has 1 amide bonds. The van der Waals surface area contributed by atoms with Gasteiger partial charge in [-0.2, -0.15) is 16.4 Å². The number of aromatic nitrogens is 2. The molecule has 0 aromatic carbocycles. The molecule has 1 unspecified atom stereocenters. The van der Waals surface area contributed by atoms with Gasteiger partial charge in [0, 0.05) is 24.2 Å². The number of aliphatic carboxylic acids is 1. The fourth-order valence-electron chi connectivity index (χ4n) is 1.48. The highest BCUT2D eigenvalue weighted by Gasteiger charge is 2.24. The van der Waals surface area contributed by atoms with Crippen LogP contribution in [0.5, 0.6) is 0 Å². The standard InChI is InChI=1S/C11H11N3O3S/c1-14-5-8(4-12-14)9(11(16)17)13-10(15)7-2-3-18-6-7/h2-6,9H,1H3,(H,13,15)(H,16,17). The number of rotatable bonds is 4. The first kappa shape index (κ1) is 12.3. The average Bonchev–Trinajstić information content (AvgIpc) is 2.95. The van der Waals surface area contributed by atoms with Crippen LogP contribution in [0.1, 0.15) is 22.0 Å². The second-order valence-corrected chi connectivity index (χ2v) is 4.48. The van der Waals surface area contributed by atoms with Crippen LogP contribution < -0.4 is 5.32 Å². The maximum absolute atomic E-state index is 11.8. The number of hydrogen-bond donors (Lipinski definition) is 2. The van der Waals surface area contributed by atoms with Gasteiger partial charge in [0.2, 0.25) is 0 Å². The van der Waals surface area contributed by atoms with Crippen LogP contribution in [0.4, 0.5) is 0 Å². The van der Waals surface area contributed by atoms with Crippen LogP contribution in [-0.4, -0.2) is 26.8 Å². The molecule has 7 heteroatoms. The Hall–Kier alpha value is -2.15. The van der Waals surface area contributed by atoms with Crippen molar-refractivity contribution >= 4 is 23.2 Å². The fourth-order valence-corrected chi connectivity index (χ4v) is 2.12. The molecule has 2 aromatic rings. The quantitative estimate of drug-likeness (QED) is 0.865. The number of aryl methyl sites for hydroxylation is 1. The van der Waals surface area contributed by atoms with Crippen molar-refractivity contribution in [2.24, 2.45) is 7.05 Å². The molecular weight excluding hydrogens is 254 g/mol. The van der Waals surface area contributed by atoms with Crippen molar-refractivity contribution in [1.82, 2.24) is 15.1 Å². The van der Waals surface area contributed by atoms with Crippen molar-refractivity contribution in [2.75, 3.05) is 0 Å². The minimum Gasteiger partial charge on any atom is -0.479 e. The highest BCUT2D eigenvalue weighted by Crippen LogP contribution is 2.14. The fraction of sp³-hybridized carbons (Fsp3) is 0.182. The minimum atomic E-state index is -1.12. The number of carbonyl (C=O) groups excluding carboxylic acids is 1. The molecule has 0 aliphatic heterocycles. The van der Waals surface area contributed by atoms with E-state index in [0.29, 0.717) is 11.1 Å². The van der Waals surface area contributed by atoms with Gasteiger partial charge in [0.05, 0.1) is 11.8 Å². The number of carboxylic acid groups (broad SMARTS) is 1. The Morgan fingerprint density at radius 1 is 1.56 bits per heavy atom. The van der Waals surface area contributed by atoms with Gasteiger partial charge >= 0.3 is 5.97 Å². The van der Waals surface area contributed by atoms with Crippen molar-refractivity contribution in [3.8, 4) is 0 Å². The van der Waals surface area contributed by atoms with Gasteiger partial charge in [0.15, 0.2) is 6.04 Å². The SMILES string of the molecule is Cn1cc(C(NC(=O)c2ccsc2)C(=O)O)cn1. The number of thiophene rings is 1. The molecule has 0 aliphatic carbocycles. The number of carbonyl (C=O) groups is 2. The van der Waals surface area contributed by atoms with E-state index in [9.17, 15) is 9.59 Å². The molecule has 1 atom stereocenters. The molecule has 2 N–H and O–H groups in total. The smallest absolute Gasteiger partial charge is 0.331 e. The topological polar surface area (TPSA) is 84.2 Å². The first-order chi connectivity index (χ1) is 8.58. The second kappa shape index (κ2) is 5.01. The summed E-state index contributed by atoms with van der Waals surface area (Å²) in [5.74, 6) is -1.53. The molecule has 0 spiro atoms. The monoisotopic (exact) mass is 265 g/mol. The third-order valence-electron chi connectivity index (χ3n) is 2.36. The molecule has 0 saturated heterocycles. The van der Waals surface area contributed by atoms with Gasteiger partial charge in [-0.25, -0.2) is 4.79 Å². The van der Waals surface area contributed by atoms with Crippen molar-refractivity contribution in [3.63, 3.8) is 0 Å². The molecule has 94 valence electrons. The summed E-state index contributed by atoms with van der Waals surface area (Å²) in [6, 6.07) is 0.549. The maximum Gasteiger partial charge on any atom is 0.331 e. The molecule has 0 bridgehead atoms. The molecule has 0 saturated carbocycles. The highest BCUT2D eigenvalue weighted by atomic mass is 32.1. The van der Waals surface area contributed by atoms with Gasteiger partial charge in [-0.05, 0) is 11.4 Å². The minimum absolute atomic E-state index is 0.410. The van der Waals surface area contributed by atoms with Crippen molar-refractivity contribution in [3.05, 3.63) is 40.3 Å². The highest BCUT2D eigenvalue weighted by molar-refractivity contribution is 7.08. The zero-order valence-electron chi connectivity index (χ0n) is 9.53. The molecule has 2 rings (SSSR count). The van der Waals surface area contributed by atoms with Crippen LogP contribution >= 0.6 is 11.3 Å². The summed E-state index contributed by atoms with van der Waals surface area (Å²) >= 11 is 1.38. The van der Waals surface area contributed by atoms with Crippen molar-refractivity contribution < 1.29 is 14.7 Å². The molecule has 2 aromatic heterocycles. The van der Waals surface area contributed by atoms with E-state index in [2.05, 4.69) is 10.4 Å². The number of hydrogen-bond acceptors (Lipinski definition) is 4. The zero-order chi connectivity index (χ0) is 13.1. The number of nitrogens with zero attached hydrogens (tertiary/aromatic N) is 2. The van der Waals surface area contributed by atoms with Crippen molar-refractivity contribution in [1.29, 1.82) is 0 Å². The lowest BCUT2D eigenvalue weighted by Crippen LogP contribution is -2.33. The Balaban J connectivity index is 2.17. The van der Waals surface area contributed by atoms with Crippen LogP contribution in [0.2, 0.25) is 0 Å². The predicted octanol–water partition coefficient (Wildman–Crippen LogP) is 1.04. The van der Waals surface area contributed by atoms with E-state index in [-0.39, 0.29) is 0 Å². The molecule has 0 fully saturated rings. The average molecular weight is 265 g/mol. The van der Waals surface area contributed by atoms with Gasteiger partial charge in [-0.15, -0.1) is 0 Å². The number of carboxylic acids is 1. The largest absolute Gasteiger partial charge is 0.479 e. The molecule has 0 aliphatic rings. The molecule has 0 radical (unpaired) electrons. The summed E-state index contributed by atoms with van der Waals surface area (Å²) in [6.45, 7) is 0.